The van der Waals surface area contributed by atoms with Crippen LogP contribution >= 0.6 is 0 Å². The molecule has 1 aromatic heterocycles. The summed E-state index contributed by atoms with van der Waals surface area (Å²) >= 11 is 0. The fraction of sp³-hybridized carbons (Fsp3) is 0.250. The Hall–Kier alpha value is -1.68. The lowest BCUT2D eigenvalue weighted by molar-refractivity contribution is 0.629. The number of hydrogen-bond donors (Lipinski definition) is 2. The van der Waals surface area contributed by atoms with Gasteiger partial charge in [0.05, 0.1) is 16.9 Å². The summed E-state index contributed by atoms with van der Waals surface area (Å²) in [6, 6.07) is 6.46. The Labute approximate surface area is 93.5 Å². The molecule has 3 nitrogen and oxygen atoms in total. The molecular weight excluding hydrogens is 205 g/mol. The molecule has 4 heteroatoms. The van der Waals surface area contributed by atoms with Crippen molar-refractivity contribution in [2.45, 2.75) is 19.8 Å². The maximum Gasteiger partial charge on any atom is 0.125 e. The number of nitrogens with zero attached hydrogens (tertiary/aromatic N) is 1. The number of hydrogen-bond acceptors (Lipinski definition) is 3. The predicted octanol–water partition coefficient (Wildman–Crippen LogP) is 2.61. The molecule has 0 amide bonds. The Morgan fingerprint density at radius 1 is 1.38 bits per heavy atom. The van der Waals surface area contributed by atoms with Crippen molar-refractivity contribution in [2.24, 2.45) is 5.84 Å². The van der Waals surface area contributed by atoms with E-state index in [2.05, 4.69) is 17.3 Å². The third kappa shape index (κ3) is 1.97. The molecule has 0 saturated carbocycles. The number of nitrogen functional groups attached to an aromatic ring is 1. The van der Waals surface area contributed by atoms with Crippen molar-refractivity contribution >= 4 is 16.6 Å². The van der Waals surface area contributed by atoms with Gasteiger partial charge in [0.15, 0.2) is 0 Å². The van der Waals surface area contributed by atoms with Crippen molar-refractivity contribution in [3.8, 4) is 0 Å². The van der Waals surface area contributed by atoms with Gasteiger partial charge in [-0.2, -0.15) is 0 Å². The molecule has 0 bridgehead atoms. The second-order valence-corrected chi connectivity index (χ2v) is 3.71. The Morgan fingerprint density at radius 3 is 2.88 bits per heavy atom. The second kappa shape index (κ2) is 4.45. The molecule has 0 fully saturated rings. The Balaban J connectivity index is 2.60. The number of hydrazine groups is 1. The number of benzene rings is 1. The van der Waals surface area contributed by atoms with Gasteiger partial charge in [-0.05, 0) is 24.6 Å². The summed E-state index contributed by atoms with van der Waals surface area (Å²) in [5.74, 6) is 5.17. The predicted molar refractivity (Wildman–Crippen MR) is 63.5 cm³/mol. The van der Waals surface area contributed by atoms with Crippen molar-refractivity contribution in [1.82, 2.24) is 4.98 Å². The summed E-state index contributed by atoms with van der Waals surface area (Å²) in [6.45, 7) is 2.07. The quantitative estimate of drug-likeness (QED) is 0.616. The third-order valence-corrected chi connectivity index (χ3v) is 2.50. The molecule has 0 aliphatic heterocycles. The number of halogens is 1. The number of aromatic nitrogens is 1. The lowest BCUT2D eigenvalue weighted by atomic mass is 10.1. The molecule has 0 atom stereocenters. The molecule has 16 heavy (non-hydrogen) atoms. The van der Waals surface area contributed by atoms with Gasteiger partial charge in [0.2, 0.25) is 0 Å². The molecule has 0 aliphatic carbocycles. The molecule has 0 aliphatic rings. The topological polar surface area (TPSA) is 50.9 Å². The van der Waals surface area contributed by atoms with E-state index in [1.165, 1.54) is 12.1 Å². The number of nitrogens with one attached hydrogen (secondary N) is 1. The van der Waals surface area contributed by atoms with Gasteiger partial charge < -0.3 is 5.43 Å². The standard InChI is InChI=1S/C12H14FN3/c1-2-3-10-12(16-14)6-8-4-5-9(13)7-11(8)15-10/h4-7,16H,2-3,14H2,1H3. The van der Waals surface area contributed by atoms with E-state index in [1.807, 2.05) is 6.07 Å². The van der Waals surface area contributed by atoms with Crippen molar-refractivity contribution < 1.29 is 4.39 Å². The average molecular weight is 219 g/mol. The lowest BCUT2D eigenvalue weighted by Crippen LogP contribution is -2.10. The molecule has 3 N–H and O–H groups in total. The van der Waals surface area contributed by atoms with Crippen LogP contribution in [0.3, 0.4) is 0 Å². The molecule has 0 unspecified atom stereocenters. The Morgan fingerprint density at radius 2 is 2.19 bits per heavy atom. The van der Waals surface area contributed by atoms with E-state index in [4.69, 9.17) is 5.84 Å². The van der Waals surface area contributed by atoms with Crippen LogP contribution in [0.1, 0.15) is 19.0 Å². The zero-order chi connectivity index (χ0) is 11.5. The second-order valence-electron chi connectivity index (χ2n) is 3.71. The van der Waals surface area contributed by atoms with E-state index in [9.17, 15) is 4.39 Å². The summed E-state index contributed by atoms with van der Waals surface area (Å²) in [5, 5.41) is 0.884. The van der Waals surface area contributed by atoms with E-state index in [1.54, 1.807) is 6.07 Å². The maximum atomic E-state index is 13.1. The van der Waals surface area contributed by atoms with Crippen LogP contribution in [-0.2, 0) is 6.42 Å². The van der Waals surface area contributed by atoms with E-state index < -0.39 is 0 Å². The van der Waals surface area contributed by atoms with Crippen LogP contribution in [-0.4, -0.2) is 4.98 Å². The summed E-state index contributed by atoms with van der Waals surface area (Å²) in [5.41, 5.74) is 4.98. The van der Waals surface area contributed by atoms with Gasteiger partial charge in [0.25, 0.3) is 0 Å². The average Bonchev–Trinajstić information content (AvgIpc) is 2.28. The molecule has 2 aromatic rings. The number of fused-ring (bicyclic) bond motifs is 1. The minimum atomic E-state index is -0.268. The first-order valence-electron chi connectivity index (χ1n) is 5.30. The highest BCUT2D eigenvalue weighted by Gasteiger charge is 2.05. The first-order valence-corrected chi connectivity index (χ1v) is 5.30. The largest absolute Gasteiger partial charge is 0.322 e. The van der Waals surface area contributed by atoms with Gasteiger partial charge in [0.1, 0.15) is 5.82 Å². The molecule has 0 radical (unpaired) electrons. The molecule has 0 saturated heterocycles. The molecule has 84 valence electrons. The monoisotopic (exact) mass is 219 g/mol. The van der Waals surface area contributed by atoms with Crippen LogP contribution in [0.2, 0.25) is 0 Å². The lowest BCUT2D eigenvalue weighted by Gasteiger charge is -2.09. The summed E-state index contributed by atoms with van der Waals surface area (Å²) in [7, 11) is 0. The minimum absolute atomic E-state index is 0.268. The number of nitrogens with two attached hydrogens (primary N) is 1. The van der Waals surface area contributed by atoms with Crippen LogP contribution in [0.4, 0.5) is 10.1 Å². The summed E-state index contributed by atoms with van der Waals surface area (Å²) in [6.07, 6.45) is 1.80. The first-order chi connectivity index (χ1) is 7.74. The highest BCUT2D eigenvalue weighted by Crippen LogP contribution is 2.22. The van der Waals surface area contributed by atoms with Gasteiger partial charge >= 0.3 is 0 Å². The van der Waals surface area contributed by atoms with E-state index in [0.29, 0.717) is 5.52 Å². The van der Waals surface area contributed by atoms with Crippen molar-refractivity contribution in [3.63, 3.8) is 0 Å². The van der Waals surface area contributed by atoms with Crippen molar-refractivity contribution in [2.75, 3.05) is 5.43 Å². The molecule has 1 aromatic carbocycles. The molecule has 0 spiro atoms. The first kappa shape index (κ1) is 10.8. The van der Waals surface area contributed by atoms with Crippen LogP contribution in [0, 0.1) is 5.82 Å². The van der Waals surface area contributed by atoms with Gasteiger partial charge in [-0.25, -0.2) is 4.39 Å². The minimum Gasteiger partial charge on any atom is -0.322 e. The highest BCUT2D eigenvalue weighted by atomic mass is 19.1. The highest BCUT2D eigenvalue weighted by molar-refractivity contribution is 5.82. The maximum absolute atomic E-state index is 13.1. The number of anilines is 1. The van der Waals surface area contributed by atoms with E-state index >= 15 is 0 Å². The van der Waals surface area contributed by atoms with Crippen LogP contribution in [0.25, 0.3) is 10.9 Å². The number of aryl methyl sites for hydroxylation is 1. The van der Waals surface area contributed by atoms with Crippen molar-refractivity contribution in [3.05, 3.63) is 35.8 Å². The van der Waals surface area contributed by atoms with Gasteiger partial charge in [-0.3, -0.25) is 10.8 Å². The zero-order valence-corrected chi connectivity index (χ0v) is 9.13. The SMILES string of the molecule is CCCc1nc2cc(F)ccc2cc1NN. The fourth-order valence-corrected chi connectivity index (χ4v) is 1.73. The van der Waals surface area contributed by atoms with Crippen LogP contribution in [0.5, 0.6) is 0 Å². The van der Waals surface area contributed by atoms with Crippen LogP contribution < -0.4 is 11.3 Å². The normalized spacial score (nSPS) is 10.7. The van der Waals surface area contributed by atoms with E-state index in [0.717, 1.165) is 29.6 Å². The number of pyridine rings is 1. The van der Waals surface area contributed by atoms with Gasteiger partial charge in [-0.1, -0.05) is 13.3 Å². The molecular formula is C12H14FN3. The number of rotatable bonds is 3. The summed E-state index contributed by atoms with van der Waals surface area (Å²) < 4.78 is 13.1. The van der Waals surface area contributed by atoms with Crippen LogP contribution in [0.15, 0.2) is 24.3 Å². The smallest absolute Gasteiger partial charge is 0.125 e. The zero-order valence-electron chi connectivity index (χ0n) is 9.13. The molecule has 1 heterocycles. The van der Waals surface area contributed by atoms with Gasteiger partial charge in [0, 0.05) is 11.5 Å². The van der Waals surface area contributed by atoms with E-state index in [-0.39, 0.29) is 5.82 Å². The molecule has 2 rings (SSSR count). The third-order valence-electron chi connectivity index (χ3n) is 2.50. The van der Waals surface area contributed by atoms with Gasteiger partial charge in [-0.15, -0.1) is 0 Å². The van der Waals surface area contributed by atoms with Crippen molar-refractivity contribution in [1.29, 1.82) is 0 Å². The Kier molecular flexibility index (Phi) is 3.01. The Bertz CT molecular complexity index is 511. The fourth-order valence-electron chi connectivity index (χ4n) is 1.73. The summed E-state index contributed by atoms with van der Waals surface area (Å²) in [4.78, 5) is 4.41.